The van der Waals surface area contributed by atoms with Crippen LogP contribution in [0, 0.1) is 6.92 Å². The highest BCUT2D eigenvalue weighted by atomic mass is 16.5. The summed E-state index contributed by atoms with van der Waals surface area (Å²) in [6.07, 6.45) is -0.816. The van der Waals surface area contributed by atoms with Gasteiger partial charge in [-0.15, -0.1) is 0 Å². The molecule has 0 aliphatic rings. The molecule has 0 saturated carbocycles. The average Bonchev–Trinajstić information content (AvgIpc) is 2.23. The molecule has 6 nitrogen and oxygen atoms in total. The van der Waals surface area contributed by atoms with E-state index in [1.807, 2.05) is 0 Å². The van der Waals surface area contributed by atoms with Crippen molar-refractivity contribution in [1.29, 1.82) is 0 Å². The van der Waals surface area contributed by atoms with Gasteiger partial charge in [0, 0.05) is 12.2 Å². The van der Waals surface area contributed by atoms with Crippen molar-refractivity contribution in [3.05, 3.63) is 29.3 Å². The Bertz CT molecular complexity index is 431. The number of hydrogen-bond acceptors (Lipinski definition) is 4. The van der Waals surface area contributed by atoms with Crippen molar-refractivity contribution in [2.24, 2.45) is 5.73 Å². The Balaban J connectivity index is 2.53. The minimum atomic E-state index is -0.953. The second-order valence-corrected chi connectivity index (χ2v) is 3.43. The van der Waals surface area contributed by atoms with Crippen molar-refractivity contribution in [2.45, 2.75) is 6.92 Å². The Labute approximate surface area is 98.4 Å². The molecule has 0 aromatic heterocycles. The third-order valence-electron chi connectivity index (χ3n) is 2.13. The molecule has 0 unspecified atom stereocenters. The van der Waals surface area contributed by atoms with Crippen LogP contribution >= 0.6 is 0 Å². The summed E-state index contributed by atoms with van der Waals surface area (Å²) in [7, 11) is 0. The maximum absolute atomic E-state index is 10.8. The van der Waals surface area contributed by atoms with E-state index in [-0.39, 0.29) is 12.2 Å². The molecule has 0 spiro atoms. The summed E-state index contributed by atoms with van der Waals surface area (Å²) >= 11 is 0. The minimum Gasteiger partial charge on any atom is -0.478 e. The third-order valence-corrected chi connectivity index (χ3v) is 2.13. The molecule has 0 bridgehead atoms. The molecule has 0 fully saturated rings. The predicted octanol–water partition coefficient (Wildman–Crippen LogP) is 1.20. The number of ether oxygens (including phenoxy) is 1. The maximum Gasteiger partial charge on any atom is 0.404 e. The van der Waals surface area contributed by atoms with E-state index in [9.17, 15) is 9.59 Å². The first-order chi connectivity index (χ1) is 8.00. The number of aromatic carboxylic acids is 1. The van der Waals surface area contributed by atoms with Gasteiger partial charge < -0.3 is 20.9 Å². The van der Waals surface area contributed by atoms with Crippen LogP contribution in [-0.2, 0) is 4.74 Å². The largest absolute Gasteiger partial charge is 0.478 e. The molecule has 17 heavy (non-hydrogen) atoms. The van der Waals surface area contributed by atoms with E-state index in [2.05, 4.69) is 10.1 Å². The van der Waals surface area contributed by atoms with E-state index in [0.717, 1.165) is 5.69 Å². The molecule has 0 atom stereocenters. The van der Waals surface area contributed by atoms with E-state index in [1.54, 1.807) is 19.1 Å². The van der Waals surface area contributed by atoms with E-state index in [1.165, 1.54) is 6.07 Å². The van der Waals surface area contributed by atoms with Gasteiger partial charge in [-0.3, -0.25) is 0 Å². The molecular weight excluding hydrogens is 224 g/mol. The number of carbonyl (C=O) groups is 2. The Kier molecular flexibility index (Phi) is 4.33. The molecule has 6 heteroatoms. The molecule has 0 aliphatic heterocycles. The molecule has 0 saturated heterocycles. The van der Waals surface area contributed by atoms with Gasteiger partial charge in [0.1, 0.15) is 6.61 Å². The number of primary amides is 1. The molecule has 4 N–H and O–H groups in total. The van der Waals surface area contributed by atoms with Crippen molar-refractivity contribution in [3.8, 4) is 0 Å². The van der Waals surface area contributed by atoms with Crippen LogP contribution in [0.5, 0.6) is 0 Å². The fourth-order valence-electron chi connectivity index (χ4n) is 1.36. The summed E-state index contributed by atoms with van der Waals surface area (Å²) in [6.45, 7) is 2.29. The number of rotatable bonds is 5. The number of carboxylic acid groups (broad SMARTS) is 1. The lowest BCUT2D eigenvalue weighted by Gasteiger charge is -2.08. The Morgan fingerprint density at radius 3 is 2.71 bits per heavy atom. The van der Waals surface area contributed by atoms with Gasteiger partial charge in [-0.25, -0.2) is 9.59 Å². The van der Waals surface area contributed by atoms with Crippen molar-refractivity contribution >= 4 is 17.7 Å². The van der Waals surface area contributed by atoms with Gasteiger partial charge in [-0.1, -0.05) is 0 Å². The zero-order chi connectivity index (χ0) is 12.8. The van der Waals surface area contributed by atoms with Crippen LogP contribution in [0.4, 0.5) is 10.5 Å². The number of nitrogens with one attached hydrogen (secondary N) is 1. The first kappa shape index (κ1) is 12.8. The summed E-state index contributed by atoms with van der Waals surface area (Å²) in [5.74, 6) is -0.953. The van der Waals surface area contributed by atoms with Gasteiger partial charge in [0.15, 0.2) is 0 Å². The van der Waals surface area contributed by atoms with Gasteiger partial charge >= 0.3 is 12.1 Å². The Morgan fingerprint density at radius 1 is 1.47 bits per heavy atom. The van der Waals surface area contributed by atoms with Crippen LogP contribution in [0.2, 0.25) is 0 Å². The van der Waals surface area contributed by atoms with Crippen LogP contribution in [0.25, 0.3) is 0 Å². The predicted molar refractivity (Wildman–Crippen MR) is 62.2 cm³/mol. The first-order valence-electron chi connectivity index (χ1n) is 5.00. The number of anilines is 1. The van der Waals surface area contributed by atoms with Gasteiger partial charge in [-0.2, -0.15) is 0 Å². The second-order valence-electron chi connectivity index (χ2n) is 3.43. The normalized spacial score (nSPS) is 9.71. The lowest BCUT2D eigenvalue weighted by molar-refractivity contribution is 0.0696. The topological polar surface area (TPSA) is 102 Å². The molecule has 1 aromatic carbocycles. The Hall–Kier alpha value is -2.24. The molecular formula is C11H14N2O4. The molecule has 0 heterocycles. The highest BCUT2D eigenvalue weighted by Gasteiger charge is 2.06. The van der Waals surface area contributed by atoms with Crippen LogP contribution in [0.15, 0.2) is 18.2 Å². The van der Waals surface area contributed by atoms with Crippen molar-refractivity contribution in [1.82, 2.24) is 0 Å². The summed E-state index contributed by atoms with van der Waals surface area (Å²) in [5.41, 5.74) is 6.49. The van der Waals surface area contributed by atoms with Gasteiger partial charge in [0.05, 0.1) is 5.56 Å². The van der Waals surface area contributed by atoms with Gasteiger partial charge in [-0.05, 0) is 30.7 Å². The highest BCUT2D eigenvalue weighted by molar-refractivity contribution is 5.89. The van der Waals surface area contributed by atoms with Crippen LogP contribution in [-0.4, -0.2) is 30.3 Å². The van der Waals surface area contributed by atoms with Crippen LogP contribution < -0.4 is 11.1 Å². The smallest absolute Gasteiger partial charge is 0.404 e. The lowest BCUT2D eigenvalue weighted by atomic mass is 10.1. The second kappa shape index (κ2) is 5.74. The fraction of sp³-hybridized carbons (Fsp3) is 0.273. The van der Waals surface area contributed by atoms with Crippen molar-refractivity contribution in [2.75, 3.05) is 18.5 Å². The zero-order valence-corrected chi connectivity index (χ0v) is 9.40. The maximum atomic E-state index is 10.8. The quantitative estimate of drug-likeness (QED) is 0.669. The third kappa shape index (κ3) is 4.02. The number of hydrogen-bond donors (Lipinski definition) is 3. The molecule has 1 amide bonds. The standard InChI is InChI=1S/C11H14N2O4/c1-7-6-8(2-3-9(7)10(14)15)13-4-5-17-11(12)16/h2-3,6,13H,4-5H2,1H3,(H2,12,16)(H,14,15). The number of amides is 1. The van der Waals surface area contributed by atoms with Crippen molar-refractivity contribution < 1.29 is 19.4 Å². The monoisotopic (exact) mass is 238 g/mol. The molecule has 0 aliphatic carbocycles. The summed E-state index contributed by atoms with van der Waals surface area (Å²) < 4.78 is 4.54. The number of carbonyl (C=O) groups excluding carboxylic acids is 1. The summed E-state index contributed by atoms with van der Waals surface area (Å²) in [6, 6.07) is 4.89. The lowest BCUT2D eigenvalue weighted by Crippen LogP contribution is -2.18. The van der Waals surface area contributed by atoms with Gasteiger partial charge in [0.25, 0.3) is 0 Å². The Morgan fingerprint density at radius 2 is 2.18 bits per heavy atom. The molecule has 0 radical (unpaired) electrons. The SMILES string of the molecule is Cc1cc(NCCOC(N)=O)ccc1C(=O)O. The minimum absolute atomic E-state index is 0.162. The van der Waals surface area contributed by atoms with Gasteiger partial charge in [0.2, 0.25) is 0 Å². The summed E-state index contributed by atoms with van der Waals surface area (Å²) in [4.78, 5) is 21.1. The fourth-order valence-corrected chi connectivity index (χ4v) is 1.36. The van der Waals surface area contributed by atoms with Crippen LogP contribution in [0.3, 0.4) is 0 Å². The average molecular weight is 238 g/mol. The molecule has 1 rings (SSSR count). The van der Waals surface area contributed by atoms with E-state index < -0.39 is 12.1 Å². The molecule has 92 valence electrons. The van der Waals surface area contributed by atoms with E-state index in [4.69, 9.17) is 10.8 Å². The number of nitrogens with two attached hydrogens (primary N) is 1. The first-order valence-corrected chi connectivity index (χ1v) is 5.00. The number of benzene rings is 1. The number of aryl methyl sites for hydroxylation is 1. The highest BCUT2D eigenvalue weighted by Crippen LogP contribution is 2.14. The van der Waals surface area contributed by atoms with Crippen LogP contribution in [0.1, 0.15) is 15.9 Å². The zero-order valence-electron chi connectivity index (χ0n) is 9.40. The summed E-state index contributed by atoms with van der Waals surface area (Å²) in [5, 5.41) is 11.8. The van der Waals surface area contributed by atoms with E-state index in [0.29, 0.717) is 12.1 Å². The molecule has 1 aromatic rings. The van der Waals surface area contributed by atoms with Crippen molar-refractivity contribution in [3.63, 3.8) is 0 Å². The number of carboxylic acids is 1. The van der Waals surface area contributed by atoms with E-state index >= 15 is 0 Å².